The lowest BCUT2D eigenvalue weighted by Gasteiger charge is -2.21. The summed E-state index contributed by atoms with van der Waals surface area (Å²) in [5.41, 5.74) is 0.687. The number of carbonyl (C=O) groups excluding carboxylic acids is 1. The SMILES string of the molecule is CCCn1nnnc1NCc1ccc(OCC(=O)NC(C)(C)C)c(OCC)c1. The molecule has 28 heavy (non-hydrogen) atoms. The van der Waals surface area contributed by atoms with Crippen LogP contribution in [0.3, 0.4) is 0 Å². The Bertz CT molecular complexity index is 769. The molecule has 0 radical (unpaired) electrons. The summed E-state index contributed by atoms with van der Waals surface area (Å²) < 4.78 is 13.1. The van der Waals surface area contributed by atoms with E-state index in [2.05, 4.69) is 33.1 Å². The monoisotopic (exact) mass is 390 g/mol. The number of tetrazole rings is 1. The van der Waals surface area contributed by atoms with E-state index in [-0.39, 0.29) is 18.1 Å². The van der Waals surface area contributed by atoms with Gasteiger partial charge in [0.25, 0.3) is 5.91 Å². The third kappa shape index (κ3) is 6.71. The van der Waals surface area contributed by atoms with E-state index in [1.54, 1.807) is 10.7 Å². The maximum Gasteiger partial charge on any atom is 0.258 e. The molecule has 2 N–H and O–H groups in total. The van der Waals surface area contributed by atoms with Crippen molar-refractivity contribution in [2.45, 2.75) is 59.7 Å². The number of amides is 1. The molecule has 2 aromatic rings. The first-order valence-electron chi connectivity index (χ1n) is 9.52. The van der Waals surface area contributed by atoms with Crippen molar-refractivity contribution in [2.75, 3.05) is 18.5 Å². The number of ether oxygens (including phenoxy) is 2. The van der Waals surface area contributed by atoms with Gasteiger partial charge in [-0.15, -0.1) is 0 Å². The predicted molar refractivity (Wildman–Crippen MR) is 106 cm³/mol. The van der Waals surface area contributed by atoms with Gasteiger partial charge in [-0.3, -0.25) is 4.79 Å². The van der Waals surface area contributed by atoms with Crippen LogP contribution in [0.15, 0.2) is 18.2 Å². The molecule has 0 saturated heterocycles. The number of carbonyl (C=O) groups is 1. The van der Waals surface area contributed by atoms with Crippen LogP contribution in [-0.2, 0) is 17.9 Å². The Labute approximate surface area is 165 Å². The molecule has 0 spiro atoms. The molecule has 0 atom stereocenters. The molecule has 0 unspecified atom stereocenters. The number of hydrogen-bond acceptors (Lipinski definition) is 7. The van der Waals surface area contributed by atoms with Crippen LogP contribution in [0.2, 0.25) is 0 Å². The quantitative estimate of drug-likeness (QED) is 0.642. The Morgan fingerprint density at radius 3 is 2.64 bits per heavy atom. The van der Waals surface area contributed by atoms with E-state index in [9.17, 15) is 4.79 Å². The third-order valence-corrected chi connectivity index (χ3v) is 3.60. The van der Waals surface area contributed by atoms with Crippen LogP contribution < -0.4 is 20.1 Å². The van der Waals surface area contributed by atoms with Crippen molar-refractivity contribution in [3.63, 3.8) is 0 Å². The second-order valence-corrected chi connectivity index (χ2v) is 7.38. The van der Waals surface area contributed by atoms with Crippen LogP contribution in [0.5, 0.6) is 11.5 Å². The van der Waals surface area contributed by atoms with Gasteiger partial charge in [-0.2, -0.15) is 0 Å². The number of nitrogens with one attached hydrogen (secondary N) is 2. The zero-order valence-corrected chi connectivity index (χ0v) is 17.3. The van der Waals surface area contributed by atoms with E-state index >= 15 is 0 Å². The Kier molecular flexibility index (Phi) is 7.60. The van der Waals surface area contributed by atoms with Crippen molar-refractivity contribution in [2.24, 2.45) is 0 Å². The van der Waals surface area contributed by atoms with E-state index < -0.39 is 0 Å². The number of aryl methyl sites for hydroxylation is 1. The van der Waals surface area contributed by atoms with Crippen LogP contribution in [0.4, 0.5) is 5.95 Å². The Morgan fingerprint density at radius 1 is 1.18 bits per heavy atom. The first-order valence-corrected chi connectivity index (χ1v) is 9.52. The van der Waals surface area contributed by atoms with E-state index in [1.807, 2.05) is 39.8 Å². The van der Waals surface area contributed by atoms with E-state index in [1.165, 1.54) is 0 Å². The minimum Gasteiger partial charge on any atom is -0.490 e. The summed E-state index contributed by atoms with van der Waals surface area (Å²) in [6.07, 6.45) is 0.947. The molecule has 1 aromatic heterocycles. The average Bonchev–Trinajstić information content (AvgIpc) is 3.05. The van der Waals surface area contributed by atoms with Crippen LogP contribution in [0, 0.1) is 0 Å². The number of benzene rings is 1. The van der Waals surface area contributed by atoms with Crippen LogP contribution in [0.25, 0.3) is 0 Å². The molecule has 1 heterocycles. The summed E-state index contributed by atoms with van der Waals surface area (Å²) >= 11 is 0. The molecule has 1 amide bonds. The van der Waals surface area contributed by atoms with Gasteiger partial charge in [0.15, 0.2) is 18.1 Å². The molecule has 0 aliphatic rings. The molecule has 1 aromatic carbocycles. The van der Waals surface area contributed by atoms with Crippen molar-refractivity contribution >= 4 is 11.9 Å². The Balaban J connectivity index is 2.01. The fourth-order valence-electron chi connectivity index (χ4n) is 2.52. The summed E-state index contributed by atoms with van der Waals surface area (Å²) in [5, 5.41) is 17.7. The van der Waals surface area contributed by atoms with Gasteiger partial charge >= 0.3 is 0 Å². The molecule has 2 rings (SSSR count). The lowest BCUT2D eigenvalue weighted by molar-refractivity contribution is -0.124. The van der Waals surface area contributed by atoms with Gasteiger partial charge in [0.2, 0.25) is 5.95 Å². The van der Waals surface area contributed by atoms with Crippen LogP contribution >= 0.6 is 0 Å². The van der Waals surface area contributed by atoms with Crippen molar-refractivity contribution in [1.29, 1.82) is 0 Å². The molecular weight excluding hydrogens is 360 g/mol. The molecule has 9 nitrogen and oxygen atoms in total. The second kappa shape index (κ2) is 9.91. The number of anilines is 1. The van der Waals surface area contributed by atoms with E-state index in [0.29, 0.717) is 30.6 Å². The molecule has 0 saturated carbocycles. The highest BCUT2D eigenvalue weighted by atomic mass is 16.5. The maximum atomic E-state index is 12.0. The van der Waals surface area contributed by atoms with E-state index in [4.69, 9.17) is 9.47 Å². The first-order chi connectivity index (χ1) is 13.3. The van der Waals surface area contributed by atoms with Crippen LogP contribution in [-0.4, -0.2) is 44.9 Å². The highest BCUT2D eigenvalue weighted by molar-refractivity contribution is 5.78. The molecule has 0 aliphatic heterocycles. The summed E-state index contributed by atoms with van der Waals surface area (Å²) in [6, 6.07) is 5.61. The minimum atomic E-state index is -0.300. The summed E-state index contributed by atoms with van der Waals surface area (Å²) in [7, 11) is 0. The van der Waals surface area contributed by atoms with Gasteiger partial charge in [0.1, 0.15) is 0 Å². The molecule has 0 fully saturated rings. The van der Waals surface area contributed by atoms with Gasteiger partial charge in [-0.25, -0.2) is 4.68 Å². The van der Waals surface area contributed by atoms with Crippen molar-refractivity contribution < 1.29 is 14.3 Å². The van der Waals surface area contributed by atoms with Gasteiger partial charge in [0.05, 0.1) is 6.61 Å². The number of hydrogen-bond donors (Lipinski definition) is 2. The third-order valence-electron chi connectivity index (χ3n) is 3.60. The lowest BCUT2D eigenvalue weighted by Crippen LogP contribution is -2.43. The molecule has 0 bridgehead atoms. The molecular formula is C19H30N6O3. The Morgan fingerprint density at radius 2 is 1.96 bits per heavy atom. The highest BCUT2D eigenvalue weighted by Gasteiger charge is 2.15. The van der Waals surface area contributed by atoms with Crippen molar-refractivity contribution in [1.82, 2.24) is 25.5 Å². The summed E-state index contributed by atoms with van der Waals surface area (Å²) in [5.74, 6) is 1.58. The van der Waals surface area contributed by atoms with Crippen LogP contribution in [0.1, 0.15) is 46.6 Å². The number of nitrogens with zero attached hydrogens (tertiary/aromatic N) is 4. The molecule has 154 valence electrons. The second-order valence-electron chi connectivity index (χ2n) is 7.38. The summed E-state index contributed by atoms with van der Waals surface area (Å²) in [6.45, 7) is 11.5. The fourth-order valence-corrected chi connectivity index (χ4v) is 2.52. The summed E-state index contributed by atoms with van der Waals surface area (Å²) in [4.78, 5) is 12.0. The van der Waals surface area contributed by atoms with Gasteiger partial charge in [-0.1, -0.05) is 18.1 Å². The molecule has 0 aliphatic carbocycles. The molecule has 9 heteroatoms. The van der Waals surface area contributed by atoms with Gasteiger partial charge < -0.3 is 20.1 Å². The zero-order valence-electron chi connectivity index (χ0n) is 17.3. The maximum absolute atomic E-state index is 12.0. The zero-order chi connectivity index (χ0) is 20.6. The topological polar surface area (TPSA) is 103 Å². The Hall–Kier alpha value is -2.84. The van der Waals surface area contributed by atoms with Gasteiger partial charge in [-0.05, 0) is 62.2 Å². The largest absolute Gasteiger partial charge is 0.490 e. The smallest absolute Gasteiger partial charge is 0.258 e. The van der Waals surface area contributed by atoms with Gasteiger partial charge in [0, 0.05) is 18.6 Å². The average molecular weight is 390 g/mol. The fraction of sp³-hybridized carbons (Fsp3) is 0.579. The predicted octanol–water partition coefficient (Wildman–Crippen LogP) is 2.39. The number of rotatable bonds is 10. The lowest BCUT2D eigenvalue weighted by atomic mass is 10.1. The standard InChI is InChI=1S/C19H30N6O3/c1-6-10-25-18(22-23-24-25)20-12-14-8-9-15(16(11-14)27-7-2)28-13-17(26)21-19(3,4)5/h8-9,11H,6-7,10,12-13H2,1-5H3,(H,21,26)(H,20,22,24). The highest BCUT2D eigenvalue weighted by Crippen LogP contribution is 2.28. The van der Waals surface area contributed by atoms with Crippen molar-refractivity contribution in [3.8, 4) is 11.5 Å². The van der Waals surface area contributed by atoms with E-state index in [0.717, 1.165) is 18.5 Å². The van der Waals surface area contributed by atoms with Crippen molar-refractivity contribution in [3.05, 3.63) is 23.8 Å². The normalized spacial score (nSPS) is 11.2. The number of aromatic nitrogens is 4. The minimum absolute atomic E-state index is 0.0687. The first kappa shape index (κ1) is 21.5.